The Morgan fingerprint density at radius 2 is 2.25 bits per heavy atom. The van der Waals surface area contributed by atoms with Crippen LogP contribution in [-0.4, -0.2) is 11.1 Å². The van der Waals surface area contributed by atoms with Crippen LogP contribution in [0.5, 0.6) is 5.75 Å². The summed E-state index contributed by atoms with van der Waals surface area (Å²) < 4.78 is 0. The summed E-state index contributed by atoms with van der Waals surface area (Å²) in [6.07, 6.45) is 4.00. The van der Waals surface area contributed by atoms with Crippen molar-refractivity contribution in [3.8, 4) is 5.75 Å². The maximum Gasteiger partial charge on any atom is 0.121 e. The van der Waals surface area contributed by atoms with Gasteiger partial charge in [-0.2, -0.15) is 0 Å². The maximum atomic E-state index is 9.69. The van der Waals surface area contributed by atoms with Crippen LogP contribution in [0, 0.1) is 5.92 Å². The number of phenols is 1. The molecule has 1 aliphatic rings. The zero-order valence-corrected chi connectivity index (χ0v) is 10.3. The van der Waals surface area contributed by atoms with Crippen LogP contribution in [0.1, 0.15) is 31.7 Å². The molecule has 0 saturated heterocycles. The van der Waals surface area contributed by atoms with E-state index in [-0.39, 0.29) is 5.75 Å². The smallest absolute Gasteiger partial charge is 0.121 e. The van der Waals surface area contributed by atoms with E-state index in [1.165, 1.54) is 19.3 Å². The minimum Gasteiger partial charge on any atom is -0.508 e. The summed E-state index contributed by atoms with van der Waals surface area (Å²) in [6, 6.07) is 5.75. The van der Waals surface area contributed by atoms with Crippen LogP contribution >= 0.6 is 11.6 Å². The average molecular weight is 240 g/mol. The topological polar surface area (TPSA) is 32.3 Å². The standard InChI is InChI=1S/C13H18ClNO/c1-9(10-4-2-5-10)15-8-11-12(14)6-3-7-13(11)16/h3,6-7,9-10,15-16H,2,4-5,8H2,1H3. The summed E-state index contributed by atoms with van der Waals surface area (Å²) in [4.78, 5) is 0. The van der Waals surface area contributed by atoms with E-state index < -0.39 is 0 Å². The molecule has 1 aromatic carbocycles. The third-order valence-corrected chi connectivity index (χ3v) is 3.91. The van der Waals surface area contributed by atoms with E-state index in [0.717, 1.165) is 11.5 Å². The van der Waals surface area contributed by atoms with Gasteiger partial charge in [0.15, 0.2) is 0 Å². The number of rotatable bonds is 4. The lowest BCUT2D eigenvalue weighted by Crippen LogP contribution is -2.36. The Kier molecular flexibility index (Phi) is 3.72. The van der Waals surface area contributed by atoms with E-state index in [4.69, 9.17) is 11.6 Å². The van der Waals surface area contributed by atoms with Gasteiger partial charge in [0.25, 0.3) is 0 Å². The second-order valence-electron chi connectivity index (χ2n) is 4.60. The minimum atomic E-state index is 0.279. The quantitative estimate of drug-likeness (QED) is 0.845. The number of phenolic OH excluding ortho intramolecular Hbond substituents is 1. The van der Waals surface area contributed by atoms with Crippen molar-refractivity contribution in [3.05, 3.63) is 28.8 Å². The minimum absolute atomic E-state index is 0.279. The number of halogens is 1. The summed E-state index contributed by atoms with van der Waals surface area (Å²) >= 11 is 6.04. The Balaban J connectivity index is 1.93. The Morgan fingerprint density at radius 1 is 1.50 bits per heavy atom. The highest BCUT2D eigenvalue weighted by molar-refractivity contribution is 6.31. The molecule has 2 nitrogen and oxygen atoms in total. The van der Waals surface area contributed by atoms with Gasteiger partial charge in [-0.3, -0.25) is 0 Å². The highest BCUT2D eigenvalue weighted by atomic mass is 35.5. The highest BCUT2D eigenvalue weighted by Gasteiger charge is 2.23. The second-order valence-corrected chi connectivity index (χ2v) is 5.01. The predicted octanol–water partition coefficient (Wildman–Crippen LogP) is 3.32. The first-order chi connectivity index (χ1) is 7.68. The molecule has 2 N–H and O–H groups in total. The Bertz CT molecular complexity index is 343. The fraction of sp³-hybridized carbons (Fsp3) is 0.538. The van der Waals surface area contributed by atoms with Crippen LogP contribution in [0.3, 0.4) is 0 Å². The first kappa shape index (κ1) is 11.7. The van der Waals surface area contributed by atoms with E-state index in [1.807, 2.05) is 6.07 Å². The molecule has 1 atom stereocenters. The fourth-order valence-corrected chi connectivity index (χ4v) is 2.33. The monoisotopic (exact) mass is 239 g/mol. The van der Waals surface area contributed by atoms with Gasteiger partial charge in [-0.05, 0) is 37.8 Å². The molecule has 3 heteroatoms. The molecule has 2 rings (SSSR count). The van der Waals surface area contributed by atoms with Crippen molar-refractivity contribution >= 4 is 11.6 Å². The van der Waals surface area contributed by atoms with Crippen molar-refractivity contribution in [2.75, 3.05) is 0 Å². The number of nitrogens with one attached hydrogen (secondary N) is 1. The van der Waals surface area contributed by atoms with Gasteiger partial charge in [0.05, 0.1) is 0 Å². The van der Waals surface area contributed by atoms with Crippen molar-refractivity contribution in [3.63, 3.8) is 0 Å². The lowest BCUT2D eigenvalue weighted by atomic mass is 9.80. The van der Waals surface area contributed by atoms with Crippen LogP contribution in [0.2, 0.25) is 5.02 Å². The molecule has 0 radical (unpaired) electrons. The first-order valence-corrected chi connectivity index (χ1v) is 6.26. The molecule has 16 heavy (non-hydrogen) atoms. The van der Waals surface area contributed by atoms with Gasteiger partial charge >= 0.3 is 0 Å². The largest absolute Gasteiger partial charge is 0.508 e. The van der Waals surface area contributed by atoms with Crippen molar-refractivity contribution < 1.29 is 5.11 Å². The van der Waals surface area contributed by atoms with E-state index in [0.29, 0.717) is 17.6 Å². The molecule has 0 bridgehead atoms. The molecule has 0 heterocycles. The molecule has 0 spiro atoms. The van der Waals surface area contributed by atoms with E-state index in [9.17, 15) is 5.11 Å². The third kappa shape index (κ3) is 2.50. The molecule has 0 amide bonds. The lowest BCUT2D eigenvalue weighted by Gasteiger charge is -2.32. The SMILES string of the molecule is CC(NCc1c(O)cccc1Cl)C1CCC1. The molecule has 1 fully saturated rings. The zero-order chi connectivity index (χ0) is 11.5. The van der Waals surface area contributed by atoms with Crippen molar-refractivity contribution in [2.45, 2.75) is 38.8 Å². The zero-order valence-electron chi connectivity index (χ0n) is 9.54. The molecular formula is C13H18ClNO. The number of benzene rings is 1. The Labute approximate surface area is 102 Å². The maximum absolute atomic E-state index is 9.69. The fourth-order valence-electron chi connectivity index (χ4n) is 2.09. The van der Waals surface area contributed by atoms with Crippen LogP contribution in [0.15, 0.2) is 18.2 Å². The van der Waals surface area contributed by atoms with Gasteiger partial charge < -0.3 is 10.4 Å². The highest BCUT2D eigenvalue weighted by Crippen LogP contribution is 2.30. The molecule has 0 aromatic heterocycles. The van der Waals surface area contributed by atoms with Crippen molar-refractivity contribution in [2.24, 2.45) is 5.92 Å². The number of hydrogen-bond donors (Lipinski definition) is 2. The molecule has 1 aromatic rings. The van der Waals surface area contributed by atoms with E-state index >= 15 is 0 Å². The Morgan fingerprint density at radius 3 is 2.81 bits per heavy atom. The van der Waals surface area contributed by atoms with Gasteiger partial charge in [-0.15, -0.1) is 0 Å². The molecule has 1 saturated carbocycles. The Hall–Kier alpha value is -0.730. The van der Waals surface area contributed by atoms with Crippen LogP contribution in [0.25, 0.3) is 0 Å². The van der Waals surface area contributed by atoms with Gasteiger partial charge in [0, 0.05) is 23.2 Å². The summed E-state index contributed by atoms with van der Waals surface area (Å²) in [6.45, 7) is 2.85. The summed E-state index contributed by atoms with van der Waals surface area (Å²) in [5.74, 6) is 1.07. The van der Waals surface area contributed by atoms with Crippen LogP contribution in [-0.2, 0) is 6.54 Å². The number of hydrogen-bond acceptors (Lipinski definition) is 2. The second kappa shape index (κ2) is 5.07. The third-order valence-electron chi connectivity index (χ3n) is 3.55. The molecule has 1 aliphatic carbocycles. The molecular weight excluding hydrogens is 222 g/mol. The predicted molar refractivity (Wildman–Crippen MR) is 66.8 cm³/mol. The molecule has 1 unspecified atom stereocenters. The van der Waals surface area contributed by atoms with Crippen LogP contribution < -0.4 is 5.32 Å². The summed E-state index contributed by atoms with van der Waals surface area (Å²) in [7, 11) is 0. The van der Waals surface area contributed by atoms with Crippen molar-refractivity contribution in [1.29, 1.82) is 0 Å². The van der Waals surface area contributed by atoms with Gasteiger partial charge in [-0.25, -0.2) is 0 Å². The van der Waals surface area contributed by atoms with Gasteiger partial charge in [-0.1, -0.05) is 24.1 Å². The van der Waals surface area contributed by atoms with Gasteiger partial charge in [0.2, 0.25) is 0 Å². The van der Waals surface area contributed by atoms with E-state index in [2.05, 4.69) is 12.2 Å². The summed E-state index contributed by atoms with van der Waals surface area (Å²) in [5.41, 5.74) is 0.801. The van der Waals surface area contributed by atoms with Gasteiger partial charge in [0.1, 0.15) is 5.75 Å². The summed E-state index contributed by atoms with van der Waals surface area (Å²) in [5, 5.41) is 13.8. The normalized spacial score (nSPS) is 18.1. The average Bonchev–Trinajstić information content (AvgIpc) is 2.14. The van der Waals surface area contributed by atoms with Crippen molar-refractivity contribution in [1.82, 2.24) is 5.32 Å². The number of aromatic hydroxyl groups is 1. The molecule has 0 aliphatic heterocycles. The van der Waals surface area contributed by atoms with Crippen LogP contribution in [0.4, 0.5) is 0 Å². The molecule has 88 valence electrons. The lowest BCUT2D eigenvalue weighted by molar-refractivity contribution is 0.239. The van der Waals surface area contributed by atoms with E-state index in [1.54, 1.807) is 12.1 Å². The first-order valence-electron chi connectivity index (χ1n) is 5.88.